The number of aromatic nitrogens is 2. The molecule has 2 aliphatic heterocycles. The fourth-order valence-electron chi connectivity index (χ4n) is 8.91. The van der Waals surface area contributed by atoms with Gasteiger partial charge < -0.3 is 47.9 Å². The number of amides is 2. The van der Waals surface area contributed by atoms with Gasteiger partial charge in [-0.15, -0.1) is 0 Å². The monoisotopic (exact) mass is 894 g/mol. The summed E-state index contributed by atoms with van der Waals surface area (Å²) in [7, 11) is -0.515. The Kier molecular flexibility index (Phi) is 13.1. The number of hydrogen-bond acceptors (Lipinski definition) is 14. The minimum Gasteiger partial charge on any atom is -0.486 e. The maximum atomic E-state index is 14.2. The molecule has 0 spiro atoms. The molecule has 5 atom stereocenters. The van der Waals surface area contributed by atoms with E-state index in [1.54, 1.807) is 95.2 Å². The van der Waals surface area contributed by atoms with E-state index in [0.29, 0.717) is 30.1 Å². The van der Waals surface area contributed by atoms with Crippen LogP contribution in [-0.4, -0.2) is 105 Å². The molecule has 1 unspecified atom stereocenters. The van der Waals surface area contributed by atoms with Gasteiger partial charge in [-0.25, -0.2) is 19.2 Å². The van der Waals surface area contributed by atoms with Gasteiger partial charge in [-0.05, 0) is 144 Å². The Morgan fingerprint density at radius 1 is 0.859 bits per heavy atom. The summed E-state index contributed by atoms with van der Waals surface area (Å²) in [6.07, 6.45) is 2.05. The minimum atomic E-state index is -1.30. The molecule has 1 aromatic heterocycles. The number of carbonyl (C=O) groups excluding carboxylic acids is 5. The van der Waals surface area contributed by atoms with Crippen LogP contribution in [0.4, 0.5) is 14.4 Å². The fourth-order valence-corrected chi connectivity index (χ4v) is 8.91. The van der Waals surface area contributed by atoms with E-state index < -0.39 is 77.5 Å². The van der Waals surface area contributed by atoms with Crippen molar-refractivity contribution in [3.05, 3.63) is 41.2 Å². The largest absolute Gasteiger partial charge is 0.514 e. The maximum Gasteiger partial charge on any atom is 0.514 e. The lowest BCUT2D eigenvalue weighted by atomic mass is 9.43. The first-order valence-electron chi connectivity index (χ1n) is 22.2. The number of esters is 1. The van der Waals surface area contributed by atoms with E-state index >= 15 is 0 Å². The van der Waals surface area contributed by atoms with Gasteiger partial charge >= 0.3 is 31.4 Å². The van der Waals surface area contributed by atoms with Gasteiger partial charge in [-0.2, -0.15) is 9.78 Å². The third-order valence-electron chi connectivity index (χ3n) is 11.9. The Morgan fingerprint density at radius 3 is 2.08 bits per heavy atom. The van der Waals surface area contributed by atoms with Gasteiger partial charge in [-0.3, -0.25) is 4.79 Å². The predicted molar refractivity (Wildman–Crippen MR) is 234 cm³/mol. The highest BCUT2D eigenvalue weighted by atomic mass is 16.7. The minimum absolute atomic E-state index is 0.0212. The number of rotatable bonds is 10. The molecule has 17 nitrogen and oxygen atoms in total. The Balaban J connectivity index is 1.24. The number of hydrogen-bond donors (Lipinski definition) is 1. The van der Waals surface area contributed by atoms with Crippen LogP contribution in [-0.2, 0) is 39.5 Å². The van der Waals surface area contributed by atoms with Crippen molar-refractivity contribution in [3.63, 3.8) is 0 Å². The average molecular weight is 895 g/mol. The molecule has 5 fully saturated rings. The second kappa shape index (κ2) is 17.2. The molecule has 1 N–H and O–H groups in total. The molecule has 1 aromatic carbocycles. The van der Waals surface area contributed by atoms with E-state index in [-0.39, 0.29) is 47.2 Å². The van der Waals surface area contributed by atoms with Crippen molar-refractivity contribution < 1.29 is 61.7 Å². The van der Waals surface area contributed by atoms with Gasteiger partial charge in [0.05, 0.1) is 31.0 Å². The summed E-state index contributed by atoms with van der Waals surface area (Å²) in [4.78, 5) is 68.9. The Labute approximate surface area is 376 Å². The van der Waals surface area contributed by atoms with Crippen LogP contribution in [0.2, 0.25) is 6.32 Å². The third kappa shape index (κ3) is 11.2. The van der Waals surface area contributed by atoms with Crippen LogP contribution in [0.15, 0.2) is 24.5 Å². The topological polar surface area (TPSA) is 192 Å². The SMILES string of the molecule is CC(C)(C)OC(=O)NC(C(=O)N1CC(Oc2ccc(CCB3O[C@@H]4C[C@@H]5C[C@@H](C5(C)C)[C@]4(C)O3)c(OC(=O)OC(C)(C)C)c2C(=O)OC(C)(C)C)C1)c1cnn(C(=O)OC(C)(C)C)c1. The fraction of sp³-hybridized carbons (Fsp3) is 0.696. The molecule has 64 heavy (non-hydrogen) atoms. The van der Waals surface area contributed by atoms with Crippen LogP contribution in [0, 0.1) is 17.3 Å². The Morgan fingerprint density at radius 2 is 1.48 bits per heavy atom. The van der Waals surface area contributed by atoms with E-state index in [0.717, 1.165) is 17.5 Å². The molecular weight excluding hydrogens is 827 g/mol. The summed E-state index contributed by atoms with van der Waals surface area (Å²) in [6, 6.07) is 2.04. The van der Waals surface area contributed by atoms with Gasteiger partial charge in [0.2, 0.25) is 5.91 Å². The zero-order valence-electron chi connectivity index (χ0n) is 40.2. The number of alkyl carbamates (subject to hydrolysis) is 1. The summed E-state index contributed by atoms with van der Waals surface area (Å²) < 4.78 is 48.7. The number of nitrogens with zero attached hydrogens (tertiary/aromatic N) is 3. The van der Waals surface area contributed by atoms with Gasteiger partial charge in [0, 0.05) is 11.8 Å². The molecule has 3 aliphatic carbocycles. The molecule has 7 rings (SSSR count). The molecule has 2 saturated heterocycles. The number of nitrogens with one attached hydrogen (secondary N) is 1. The maximum absolute atomic E-state index is 14.2. The lowest BCUT2D eigenvalue weighted by molar-refractivity contribution is -0.199. The molecule has 352 valence electrons. The van der Waals surface area contributed by atoms with Crippen molar-refractivity contribution in [2.75, 3.05) is 13.1 Å². The molecule has 18 heteroatoms. The lowest BCUT2D eigenvalue weighted by Gasteiger charge is -2.64. The number of carbonyl (C=O) groups is 5. The van der Waals surface area contributed by atoms with Gasteiger partial charge in [-0.1, -0.05) is 19.9 Å². The van der Waals surface area contributed by atoms with Gasteiger partial charge in [0.25, 0.3) is 0 Å². The second-order valence-corrected chi connectivity index (χ2v) is 22.2. The van der Waals surface area contributed by atoms with E-state index in [1.807, 2.05) is 0 Å². The quantitative estimate of drug-likeness (QED) is 0.104. The van der Waals surface area contributed by atoms with Crippen molar-refractivity contribution in [3.8, 4) is 11.5 Å². The smallest absolute Gasteiger partial charge is 0.486 e. The van der Waals surface area contributed by atoms with E-state index in [1.165, 1.54) is 17.3 Å². The van der Waals surface area contributed by atoms with Gasteiger partial charge in [0.1, 0.15) is 45.9 Å². The number of benzene rings is 1. The molecule has 0 radical (unpaired) electrons. The third-order valence-corrected chi connectivity index (χ3v) is 11.9. The average Bonchev–Trinajstić information content (AvgIpc) is 3.72. The normalized spacial score (nSPS) is 23.5. The number of aryl methyl sites for hydroxylation is 1. The van der Waals surface area contributed by atoms with Crippen LogP contribution >= 0.6 is 0 Å². The molecule has 2 bridgehead atoms. The first kappa shape index (κ1) is 48.6. The van der Waals surface area contributed by atoms with Crippen LogP contribution in [0.5, 0.6) is 11.5 Å². The number of likely N-dealkylation sites (tertiary alicyclic amines) is 1. The Hall–Kier alpha value is -4.84. The highest BCUT2D eigenvalue weighted by Crippen LogP contribution is 2.65. The van der Waals surface area contributed by atoms with Crippen LogP contribution in [0.1, 0.15) is 144 Å². The van der Waals surface area contributed by atoms with E-state index in [9.17, 15) is 24.0 Å². The summed E-state index contributed by atoms with van der Waals surface area (Å²) in [6.45, 7) is 27.3. The molecule has 2 amide bonds. The molecule has 2 aromatic rings. The summed E-state index contributed by atoms with van der Waals surface area (Å²) in [5, 5.41) is 6.70. The summed E-state index contributed by atoms with van der Waals surface area (Å²) in [5.74, 6) is -0.387. The molecule has 5 aliphatic rings. The van der Waals surface area contributed by atoms with Crippen molar-refractivity contribution >= 4 is 37.3 Å². The molecule has 3 heterocycles. The summed E-state index contributed by atoms with van der Waals surface area (Å²) >= 11 is 0. The van der Waals surface area contributed by atoms with Crippen molar-refractivity contribution in [1.29, 1.82) is 0 Å². The standard InChI is InChI=1S/C46H67BN4O13/c1-41(2,3)59-37(53)33-30(57-29-24-50(25-29)36(52)34(49-38(54)60-42(4,5)6)27-22-48-51(23-27)39(55)61-43(7,8)9)17-16-26(35(33)58-40(56)62-44(10,11)12)18-19-47-63-32-21-28-20-31(45(28,13)14)46(32,15)64-47/h16-17,22-23,28-29,31-32,34H,18-21,24-25H2,1-15H3,(H,49,54)/t28-,31-,32+,34?,46-/m0/s1. The van der Waals surface area contributed by atoms with Gasteiger partial charge in [0.15, 0.2) is 5.75 Å². The van der Waals surface area contributed by atoms with Crippen LogP contribution in [0.25, 0.3) is 0 Å². The van der Waals surface area contributed by atoms with Crippen LogP contribution in [0.3, 0.4) is 0 Å². The highest BCUT2D eigenvalue weighted by Gasteiger charge is 2.67. The predicted octanol–water partition coefficient (Wildman–Crippen LogP) is 8.06. The zero-order valence-corrected chi connectivity index (χ0v) is 40.2. The van der Waals surface area contributed by atoms with E-state index in [2.05, 4.69) is 31.2 Å². The Bertz CT molecular complexity index is 2120. The van der Waals surface area contributed by atoms with E-state index in [4.69, 9.17) is 37.7 Å². The van der Waals surface area contributed by atoms with Crippen LogP contribution < -0.4 is 14.8 Å². The molecular formula is C46H67BN4O13. The number of ether oxygens (including phenoxy) is 6. The lowest BCUT2D eigenvalue weighted by Crippen LogP contribution is -2.65. The van der Waals surface area contributed by atoms with Crippen molar-refractivity contribution in [2.45, 2.75) is 176 Å². The van der Waals surface area contributed by atoms with Crippen molar-refractivity contribution in [1.82, 2.24) is 20.0 Å². The summed E-state index contributed by atoms with van der Waals surface area (Å²) in [5.41, 5.74) is -3.17. The highest BCUT2D eigenvalue weighted by molar-refractivity contribution is 6.45. The first-order valence-corrected chi connectivity index (χ1v) is 22.2. The first-order chi connectivity index (χ1) is 29.3. The zero-order chi connectivity index (χ0) is 47.5. The van der Waals surface area contributed by atoms with Crippen molar-refractivity contribution in [2.24, 2.45) is 17.3 Å². The second-order valence-electron chi connectivity index (χ2n) is 22.2. The molecule has 3 saturated carbocycles.